The van der Waals surface area contributed by atoms with Gasteiger partial charge in [0, 0.05) is 0 Å². The summed E-state index contributed by atoms with van der Waals surface area (Å²) in [6.45, 7) is 13.0. The number of rotatable bonds is 7. The molecule has 0 aliphatic rings. The monoisotopic (exact) mass is 248 g/mol. The average Bonchev–Trinajstić information content (AvgIpc) is 2.35. The van der Waals surface area contributed by atoms with Crippen molar-refractivity contribution in [1.29, 1.82) is 0 Å². The molecular weight excluding hydrogens is 224 g/mol. The van der Waals surface area contributed by atoms with Gasteiger partial charge in [0.1, 0.15) is 0 Å². The molecule has 0 atom stereocenters. The molecular formula is C16H24O2. The molecule has 0 unspecified atom stereocenters. The van der Waals surface area contributed by atoms with E-state index < -0.39 is 0 Å². The van der Waals surface area contributed by atoms with E-state index in [0.29, 0.717) is 13.2 Å². The summed E-state index contributed by atoms with van der Waals surface area (Å²) in [6, 6.07) is 10.2. The second-order valence-corrected chi connectivity index (χ2v) is 5.39. The summed E-state index contributed by atoms with van der Waals surface area (Å²) in [5.41, 5.74) is 0.437. The van der Waals surface area contributed by atoms with Gasteiger partial charge in [0.15, 0.2) is 0 Å². The Morgan fingerprint density at radius 2 is 1.56 bits per heavy atom. The third-order valence-corrected chi connectivity index (χ3v) is 3.45. The molecule has 0 radical (unpaired) electrons. The highest BCUT2D eigenvalue weighted by Gasteiger charge is 2.38. The summed E-state index contributed by atoms with van der Waals surface area (Å²) in [6.07, 6.45) is 1.76. The van der Waals surface area contributed by atoms with Gasteiger partial charge in [0.05, 0.1) is 24.4 Å². The van der Waals surface area contributed by atoms with Crippen LogP contribution in [0.2, 0.25) is 0 Å². The van der Waals surface area contributed by atoms with Gasteiger partial charge in [-0.1, -0.05) is 36.4 Å². The molecule has 1 aromatic carbocycles. The SMILES string of the molecule is C=CCOC(C)(C)C(C)(C)OCc1ccccc1. The van der Waals surface area contributed by atoms with Crippen LogP contribution < -0.4 is 0 Å². The Morgan fingerprint density at radius 1 is 1.00 bits per heavy atom. The van der Waals surface area contributed by atoms with Gasteiger partial charge < -0.3 is 9.47 Å². The average molecular weight is 248 g/mol. The molecule has 0 aliphatic heterocycles. The van der Waals surface area contributed by atoms with Gasteiger partial charge in [-0.25, -0.2) is 0 Å². The lowest BCUT2D eigenvalue weighted by molar-refractivity contribution is -0.176. The molecule has 100 valence electrons. The molecule has 0 heterocycles. The van der Waals surface area contributed by atoms with Crippen molar-refractivity contribution in [3.8, 4) is 0 Å². The fraction of sp³-hybridized carbons (Fsp3) is 0.500. The molecule has 0 spiro atoms. The van der Waals surface area contributed by atoms with Gasteiger partial charge in [-0.3, -0.25) is 0 Å². The van der Waals surface area contributed by atoms with Crippen LogP contribution in [0.3, 0.4) is 0 Å². The Labute approximate surface area is 111 Å². The Kier molecular flexibility index (Phi) is 5.12. The van der Waals surface area contributed by atoms with E-state index in [9.17, 15) is 0 Å². The maximum atomic E-state index is 6.02. The van der Waals surface area contributed by atoms with E-state index in [1.165, 1.54) is 5.56 Å². The van der Waals surface area contributed by atoms with Gasteiger partial charge in [-0.2, -0.15) is 0 Å². The third-order valence-electron chi connectivity index (χ3n) is 3.45. The Morgan fingerprint density at radius 3 is 2.11 bits per heavy atom. The summed E-state index contributed by atoms with van der Waals surface area (Å²) in [4.78, 5) is 0. The molecule has 0 saturated heterocycles. The van der Waals surface area contributed by atoms with Crippen LogP contribution in [-0.4, -0.2) is 17.8 Å². The standard InChI is InChI=1S/C16H24O2/c1-6-12-17-15(2,3)16(4,5)18-13-14-10-8-7-9-11-14/h6-11H,1,12-13H2,2-5H3. The molecule has 1 rings (SSSR count). The van der Waals surface area contributed by atoms with Gasteiger partial charge in [-0.15, -0.1) is 6.58 Å². The summed E-state index contributed by atoms with van der Waals surface area (Å²) in [7, 11) is 0. The highest BCUT2D eigenvalue weighted by Crippen LogP contribution is 2.30. The van der Waals surface area contributed by atoms with Gasteiger partial charge in [-0.05, 0) is 33.3 Å². The highest BCUT2D eigenvalue weighted by molar-refractivity contribution is 5.13. The highest BCUT2D eigenvalue weighted by atomic mass is 16.6. The van der Waals surface area contributed by atoms with Crippen LogP contribution in [0.5, 0.6) is 0 Å². The zero-order chi connectivity index (χ0) is 13.6. The lowest BCUT2D eigenvalue weighted by Crippen LogP contribution is -2.49. The first-order chi connectivity index (χ1) is 8.39. The zero-order valence-corrected chi connectivity index (χ0v) is 11.9. The van der Waals surface area contributed by atoms with E-state index in [-0.39, 0.29) is 11.2 Å². The second kappa shape index (κ2) is 6.17. The van der Waals surface area contributed by atoms with Crippen LogP contribution in [0.4, 0.5) is 0 Å². The molecule has 1 aromatic rings. The molecule has 0 saturated carbocycles. The minimum absolute atomic E-state index is 0.365. The number of hydrogen-bond acceptors (Lipinski definition) is 2. The number of benzene rings is 1. The van der Waals surface area contributed by atoms with E-state index >= 15 is 0 Å². The minimum Gasteiger partial charge on any atom is -0.369 e. The lowest BCUT2D eigenvalue weighted by atomic mass is 9.89. The molecule has 0 aliphatic carbocycles. The van der Waals surface area contributed by atoms with Crippen LogP contribution in [-0.2, 0) is 16.1 Å². The summed E-state index contributed by atoms with van der Waals surface area (Å²) in [5, 5.41) is 0. The Hall–Kier alpha value is -1.12. The molecule has 0 bridgehead atoms. The van der Waals surface area contributed by atoms with Crippen LogP contribution in [0.25, 0.3) is 0 Å². The third kappa shape index (κ3) is 3.97. The zero-order valence-electron chi connectivity index (χ0n) is 11.9. The van der Waals surface area contributed by atoms with E-state index in [1.54, 1.807) is 6.08 Å². The smallest absolute Gasteiger partial charge is 0.0914 e. The molecule has 0 N–H and O–H groups in total. The van der Waals surface area contributed by atoms with Crippen molar-refractivity contribution >= 4 is 0 Å². The predicted octanol–water partition coefficient (Wildman–Crippen LogP) is 3.96. The fourth-order valence-corrected chi connectivity index (χ4v) is 1.45. The van der Waals surface area contributed by atoms with E-state index in [4.69, 9.17) is 9.47 Å². The number of ether oxygens (including phenoxy) is 2. The number of hydrogen-bond donors (Lipinski definition) is 0. The van der Waals surface area contributed by atoms with Crippen LogP contribution in [0.15, 0.2) is 43.0 Å². The molecule has 18 heavy (non-hydrogen) atoms. The first kappa shape index (κ1) is 14.9. The molecule has 0 amide bonds. The summed E-state index contributed by atoms with van der Waals surface area (Å²) >= 11 is 0. The van der Waals surface area contributed by atoms with Crippen molar-refractivity contribution in [2.45, 2.75) is 45.5 Å². The Balaban J connectivity index is 2.60. The topological polar surface area (TPSA) is 18.5 Å². The van der Waals surface area contributed by atoms with Crippen molar-refractivity contribution in [2.24, 2.45) is 0 Å². The van der Waals surface area contributed by atoms with Crippen molar-refractivity contribution in [2.75, 3.05) is 6.61 Å². The quantitative estimate of drug-likeness (QED) is 0.680. The largest absolute Gasteiger partial charge is 0.369 e. The predicted molar refractivity (Wildman–Crippen MR) is 75.5 cm³/mol. The molecule has 2 heteroatoms. The maximum Gasteiger partial charge on any atom is 0.0914 e. The molecule has 2 nitrogen and oxygen atoms in total. The lowest BCUT2D eigenvalue weighted by Gasteiger charge is -2.41. The van der Waals surface area contributed by atoms with Crippen molar-refractivity contribution in [1.82, 2.24) is 0 Å². The summed E-state index contributed by atoms with van der Waals surface area (Å²) in [5.74, 6) is 0. The maximum absolute atomic E-state index is 6.02. The minimum atomic E-state index is -0.369. The molecule has 0 aromatic heterocycles. The van der Waals surface area contributed by atoms with Crippen LogP contribution in [0.1, 0.15) is 33.3 Å². The summed E-state index contributed by atoms with van der Waals surface area (Å²) < 4.78 is 11.8. The fourth-order valence-electron chi connectivity index (χ4n) is 1.45. The Bertz CT molecular complexity index is 366. The molecule has 0 fully saturated rings. The van der Waals surface area contributed by atoms with Crippen molar-refractivity contribution < 1.29 is 9.47 Å². The van der Waals surface area contributed by atoms with Gasteiger partial charge in [0.2, 0.25) is 0 Å². The normalized spacial score (nSPS) is 12.4. The van der Waals surface area contributed by atoms with Crippen molar-refractivity contribution in [3.05, 3.63) is 48.6 Å². The second-order valence-electron chi connectivity index (χ2n) is 5.39. The van der Waals surface area contributed by atoms with E-state index in [1.807, 2.05) is 32.0 Å². The van der Waals surface area contributed by atoms with Crippen LogP contribution >= 0.6 is 0 Å². The van der Waals surface area contributed by atoms with E-state index in [0.717, 1.165) is 0 Å². The first-order valence-electron chi connectivity index (χ1n) is 6.32. The van der Waals surface area contributed by atoms with Crippen molar-refractivity contribution in [3.63, 3.8) is 0 Å². The van der Waals surface area contributed by atoms with Gasteiger partial charge in [0.25, 0.3) is 0 Å². The van der Waals surface area contributed by atoms with E-state index in [2.05, 4.69) is 32.6 Å². The van der Waals surface area contributed by atoms with Crippen LogP contribution in [0, 0.1) is 0 Å². The first-order valence-corrected chi connectivity index (χ1v) is 6.32. The van der Waals surface area contributed by atoms with Gasteiger partial charge >= 0.3 is 0 Å².